The molecular weight excluding hydrogens is 624 g/mol. The highest BCUT2D eigenvalue weighted by atomic mass is 16.6. The van der Waals surface area contributed by atoms with Crippen LogP contribution >= 0.6 is 0 Å². The number of nitrogens with one attached hydrogen (secondary N) is 1. The molecule has 13 nitrogen and oxygen atoms in total. The number of benzene rings is 3. The number of hydrogen-bond acceptors (Lipinski definition) is 11. The summed E-state index contributed by atoms with van der Waals surface area (Å²) < 4.78 is 29.9. The predicted molar refractivity (Wildman–Crippen MR) is 170 cm³/mol. The first-order valence-electron chi connectivity index (χ1n) is 15.0. The Morgan fingerprint density at radius 2 is 1.21 bits per heavy atom. The number of ether oxygens (including phenoxy) is 5. The van der Waals surface area contributed by atoms with Gasteiger partial charge in [0.05, 0.1) is 12.7 Å². The number of aliphatic hydroxyl groups excluding tert-OH is 1. The topological polar surface area (TPSA) is 172 Å². The molecule has 3 atom stereocenters. The maximum atomic E-state index is 12.6. The Morgan fingerprint density at radius 1 is 0.792 bits per heavy atom. The fraction of sp³-hybridized carbons (Fsp3) is 0.286. The normalized spacial score (nSPS) is 17.5. The van der Waals surface area contributed by atoms with E-state index < -0.39 is 53.2 Å². The van der Waals surface area contributed by atoms with Gasteiger partial charge in [-0.2, -0.15) is 0 Å². The van der Waals surface area contributed by atoms with Gasteiger partial charge < -0.3 is 28.8 Å². The van der Waals surface area contributed by atoms with Gasteiger partial charge in [0.2, 0.25) is 0 Å². The van der Waals surface area contributed by atoms with Gasteiger partial charge in [-0.25, -0.2) is 4.79 Å². The molecular formula is C35H34N2O11. The minimum Gasteiger partial charge on any atom is -0.427 e. The Bertz CT molecular complexity index is 1770. The van der Waals surface area contributed by atoms with Crippen LogP contribution in [-0.4, -0.2) is 51.4 Å². The molecule has 1 saturated heterocycles. The van der Waals surface area contributed by atoms with Crippen LogP contribution in [0.5, 0.6) is 17.2 Å². The fourth-order valence-corrected chi connectivity index (χ4v) is 5.56. The van der Waals surface area contributed by atoms with Gasteiger partial charge in [-0.3, -0.25) is 28.7 Å². The highest BCUT2D eigenvalue weighted by molar-refractivity contribution is 5.70. The second-order valence-electron chi connectivity index (χ2n) is 11.3. The smallest absolute Gasteiger partial charge is 0.330 e. The van der Waals surface area contributed by atoms with E-state index in [4.69, 9.17) is 23.7 Å². The molecule has 0 spiro atoms. The maximum Gasteiger partial charge on any atom is 0.330 e. The van der Waals surface area contributed by atoms with E-state index in [0.717, 1.165) is 0 Å². The minimum absolute atomic E-state index is 0.0532. The molecule has 2 N–H and O–H groups in total. The zero-order valence-corrected chi connectivity index (χ0v) is 26.6. The van der Waals surface area contributed by atoms with Gasteiger partial charge in [-0.1, -0.05) is 36.4 Å². The van der Waals surface area contributed by atoms with E-state index >= 15 is 0 Å². The van der Waals surface area contributed by atoms with Gasteiger partial charge in [0.15, 0.2) is 0 Å². The first-order chi connectivity index (χ1) is 22.8. The first kappa shape index (κ1) is 34.0. The van der Waals surface area contributed by atoms with Crippen molar-refractivity contribution in [1.82, 2.24) is 9.55 Å². The van der Waals surface area contributed by atoms with Gasteiger partial charge in [0.1, 0.15) is 35.2 Å². The number of carbonyl (C=O) groups excluding carboxylic acids is 3. The Hall–Kier alpha value is -5.37. The molecule has 0 bridgehead atoms. The lowest BCUT2D eigenvalue weighted by Gasteiger charge is -2.37. The third-order valence-corrected chi connectivity index (χ3v) is 7.69. The molecule has 0 saturated carbocycles. The summed E-state index contributed by atoms with van der Waals surface area (Å²) in [5, 5.41) is 11.1. The summed E-state index contributed by atoms with van der Waals surface area (Å²) in [4.78, 5) is 61.6. The average Bonchev–Trinajstić information content (AvgIpc) is 3.40. The lowest BCUT2D eigenvalue weighted by Crippen LogP contribution is -2.38. The molecule has 1 aromatic heterocycles. The van der Waals surface area contributed by atoms with Crippen molar-refractivity contribution in [1.29, 1.82) is 0 Å². The van der Waals surface area contributed by atoms with Crippen molar-refractivity contribution < 1.29 is 43.2 Å². The summed E-state index contributed by atoms with van der Waals surface area (Å²) >= 11 is 0. The standard InChI is InChI=1S/C35H34N2O11/c1-20-18-37(34(43)36-33(20)42)32-17-30(41)31(48-32)19-44-35(24-5-11-27(12-6-24)45-21(2)38,25-7-13-28(14-8-25)46-22(3)39)26-9-15-29(16-10-26)47-23(4)40/h5-16,18,30-32,41H,17,19H2,1-4H3,(H,36,42,43)/t30-,31+,32+/m0/s1. The molecule has 2 heterocycles. The van der Waals surface area contributed by atoms with Crippen molar-refractivity contribution in [3.05, 3.63) is 122 Å². The number of aliphatic hydroxyl groups is 1. The molecule has 1 aliphatic rings. The number of nitrogens with zero attached hydrogens (tertiary/aromatic N) is 1. The summed E-state index contributed by atoms with van der Waals surface area (Å²) in [7, 11) is 0. The largest absolute Gasteiger partial charge is 0.427 e. The Labute approximate surface area is 274 Å². The number of carbonyl (C=O) groups is 3. The van der Waals surface area contributed by atoms with Crippen LogP contribution in [0.15, 0.2) is 88.6 Å². The van der Waals surface area contributed by atoms with E-state index in [1.165, 1.54) is 31.5 Å². The van der Waals surface area contributed by atoms with Crippen molar-refractivity contribution >= 4 is 17.9 Å². The number of rotatable bonds is 10. The Balaban J connectivity index is 1.59. The second-order valence-corrected chi connectivity index (χ2v) is 11.3. The number of hydrogen-bond donors (Lipinski definition) is 2. The predicted octanol–water partition coefficient (Wildman–Crippen LogP) is 3.28. The third kappa shape index (κ3) is 7.44. The van der Waals surface area contributed by atoms with Crippen molar-refractivity contribution in [2.24, 2.45) is 0 Å². The van der Waals surface area contributed by atoms with E-state index in [0.29, 0.717) is 39.5 Å². The van der Waals surface area contributed by atoms with E-state index in [1.807, 2.05) is 0 Å². The molecule has 0 aliphatic carbocycles. The highest BCUT2D eigenvalue weighted by Gasteiger charge is 2.42. The lowest BCUT2D eigenvalue weighted by molar-refractivity contribution is -0.132. The molecule has 0 amide bonds. The average molecular weight is 659 g/mol. The van der Waals surface area contributed by atoms with Gasteiger partial charge >= 0.3 is 23.6 Å². The molecule has 250 valence electrons. The van der Waals surface area contributed by atoms with E-state index in [2.05, 4.69) is 4.98 Å². The van der Waals surface area contributed by atoms with Crippen LogP contribution < -0.4 is 25.5 Å². The maximum absolute atomic E-state index is 12.6. The SMILES string of the molecule is CC(=O)Oc1ccc(C(OC[C@H]2O[C@@H](n3cc(C)c(=O)[nH]c3=O)C[C@@H]2O)(c2ccc(OC(C)=O)cc2)c2ccc(OC(C)=O)cc2)cc1. The minimum atomic E-state index is -1.43. The molecule has 1 fully saturated rings. The van der Waals surface area contributed by atoms with Crippen LogP contribution in [0.4, 0.5) is 0 Å². The number of aromatic amines is 1. The molecule has 5 rings (SSSR count). The zero-order chi connectivity index (χ0) is 34.6. The first-order valence-corrected chi connectivity index (χ1v) is 15.0. The van der Waals surface area contributed by atoms with Crippen molar-refractivity contribution in [3.63, 3.8) is 0 Å². The molecule has 0 unspecified atom stereocenters. The Morgan fingerprint density at radius 3 is 1.60 bits per heavy atom. The summed E-state index contributed by atoms with van der Waals surface area (Å²) in [5.41, 5.74) is -0.574. The van der Waals surface area contributed by atoms with Crippen LogP contribution in [0.2, 0.25) is 0 Å². The van der Waals surface area contributed by atoms with Crippen molar-refractivity contribution in [2.45, 2.75) is 58.2 Å². The lowest BCUT2D eigenvalue weighted by atomic mass is 9.80. The summed E-state index contributed by atoms with van der Waals surface area (Å²) in [6, 6.07) is 20.0. The second kappa shape index (κ2) is 14.2. The van der Waals surface area contributed by atoms with Crippen LogP contribution in [0.1, 0.15) is 55.7 Å². The summed E-state index contributed by atoms with van der Waals surface area (Å²) in [5.74, 6) is -0.581. The molecule has 4 aromatic rings. The zero-order valence-electron chi connectivity index (χ0n) is 26.6. The van der Waals surface area contributed by atoms with Gasteiger partial charge in [-0.15, -0.1) is 0 Å². The monoisotopic (exact) mass is 658 g/mol. The van der Waals surface area contributed by atoms with Crippen LogP contribution in [-0.2, 0) is 29.5 Å². The van der Waals surface area contributed by atoms with E-state index in [1.54, 1.807) is 79.7 Å². The summed E-state index contributed by atoms with van der Waals surface area (Å²) in [6.45, 7) is 5.25. The number of aromatic nitrogens is 2. The molecule has 13 heteroatoms. The van der Waals surface area contributed by atoms with Crippen LogP contribution in [0.3, 0.4) is 0 Å². The molecule has 48 heavy (non-hydrogen) atoms. The number of H-pyrrole nitrogens is 1. The van der Waals surface area contributed by atoms with Crippen LogP contribution in [0, 0.1) is 6.92 Å². The summed E-state index contributed by atoms with van der Waals surface area (Å²) in [6.07, 6.45) is -1.39. The van der Waals surface area contributed by atoms with Crippen LogP contribution in [0.25, 0.3) is 0 Å². The third-order valence-electron chi connectivity index (χ3n) is 7.69. The molecule has 1 aliphatic heterocycles. The van der Waals surface area contributed by atoms with Gasteiger partial charge in [0.25, 0.3) is 5.56 Å². The van der Waals surface area contributed by atoms with Crippen molar-refractivity contribution in [3.8, 4) is 17.2 Å². The number of aryl methyl sites for hydroxylation is 1. The highest BCUT2D eigenvalue weighted by Crippen LogP contribution is 2.43. The van der Waals surface area contributed by atoms with Gasteiger partial charge in [-0.05, 0) is 60.0 Å². The Kier molecular flexibility index (Phi) is 10.0. The quantitative estimate of drug-likeness (QED) is 0.146. The number of esters is 3. The van der Waals surface area contributed by atoms with Gasteiger partial charge in [0, 0.05) is 39.0 Å². The molecule has 3 aromatic carbocycles. The van der Waals surface area contributed by atoms with E-state index in [9.17, 15) is 29.1 Å². The fourth-order valence-electron chi connectivity index (χ4n) is 5.56. The van der Waals surface area contributed by atoms with Crippen molar-refractivity contribution in [2.75, 3.05) is 6.61 Å². The molecule has 0 radical (unpaired) electrons. The van der Waals surface area contributed by atoms with E-state index in [-0.39, 0.29) is 13.0 Å².